The Morgan fingerprint density at radius 2 is 1.85 bits per heavy atom. The van der Waals surface area contributed by atoms with Crippen molar-refractivity contribution >= 4 is 46.0 Å². The van der Waals surface area contributed by atoms with Crippen LogP contribution in [-0.4, -0.2) is 16.7 Å². The number of rotatable bonds is 4. The summed E-state index contributed by atoms with van der Waals surface area (Å²) in [6, 6.07) is 19.0. The molecule has 172 valence electrons. The second-order valence-corrected chi connectivity index (χ2v) is 9.97. The number of amidine groups is 1. The molecule has 34 heavy (non-hydrogen) atoms. The van der Waals surface area contributed by atoms with Crippen LogP contribution in [-0.2, 0) is 11.2 Å². The molecule has 5 rings (SSSR count). The molecule has 0 fully saturated rings. The number of nitrogens with zero attached hydrogens (tertiary/aromatic N) is 1. The van der Waals surface area contributed by atoms with Crippen LogP contribution in [0.1, 0.15) is 48.1 Å². The lowest BCUT2D eigenvalue weighted by atomic mass is 9.76. The Labute approximate surface area is 208 Å². The van der Waals surface area contributed by atoms with Crippen LogP contribution in [0.2, 0.25) is 5.02 Å². The molecule has 0 radical (unpaired) electrons. The molecule has 1 atom stereocenters. The average molecular weight is 489 g/mol. The highest BCUT2D eigenvalue weighted by Gasteiger charge is 2.43. The number of aryl methyl sites for hydroxylation is 1. The Bertz CT molecular complexity index is 1310. The number of hydrogen-bond donors (Lipinski definition) is 2. The zero-order valence-electron chi connectivity index (χ0n) is 18.8. The molecule has 4 nitrogen and oxygen atoms in total. The van der Waals surface area contributed by atoms with Crippen molar-refractivity contribution < 1.29 is 9.90 Å². The fraction of sp³-hybridized carbons (Fsp3) is 0.214. The standard InChI is InChI=1S/C28H25ClN2O2S/c1-2-17-8-14-20(15-9-17)31-21-5-3-6-22(32)24(21)25(23-7-4-16-34-23)26(28(31)30)27(33)18-10-12-19(29)13-11-18/h4,7-16,25,30,33H,2-3,5-6H2,1H3/b27-26+,30-28?. The Morgan fingerprint density at radius 3 is 2.50 bits per heavy atom. The zero-order valence-corrected chi connectivity index (χ0v) is 20.4. The van der Waals surface area contributed by atoms with Gasteiger partial charge in [0.2, 0.25) is 0 Å². The highest BCUT2D eigenvalue weighted by Crippen LogP contribution is 2.48. The Morgan fingerprint density at radius 1 is 1.12 bits per heavy atom. The van der Waals surface area contributed by atoms with E-state index in [0.29, 0.717) is 28.2 Å². The Hall–Kier alpha value is -3.15. The summed E-state index contributed by atoms with van der Waals surface area (Å²) >= 11 is 7.62. The van der Waals surface area contributed by atoms with Crippen molar-refractivity contribution in [3.05, 3.63) is 104 Å². The lowest BCUT2D eigenvalue weighted by Gasteiger charge is -2.41. The Kier molecular flexibility index (Phi) is 6.15. The zero-order chi connectivity index (χ0) is 23.8. The van der Waals surface area contributed by atoms with Gasteiger partial charge in [-0.3, -0.25) is 15.1 Å². The van der Waals surface area contributed by atoms with Crippen molar-refractivity contribution in [3.63, 3.8) is 0 Å². The molecule has 3 aromatic rings. The van der Waals surface area contributed by atoms with E-state index in [1.54, 1.807) is 35.6 Å². The minimum atomic E-state index is -0.475. The number of hydrogen-bond acceptors (Lipinski definition) is 4. The molecule has 0 saturated heterocycles. The summed E-state index contributed by atoms with van der Waals surface area (Å²) < 4.78 is 0. The molecule has 2 aliphatic rings. The number of thiophene rings is 1. The third-order valence-corrected chi connectivity index (χ3v) is 7.75. The first-order valence-corrected chi connectivity index (χ1v) is 12.7. The van der Waals surface area contributed by atoms with Gasteiger partial charge in [-0.1, -0.05) is 36.7 Å². The smallest absolute Gasteiger partial charge is 0.161 e. The lowest BCUT2D eigenvalue weighted by molar-refractivity contribution is -0.116. The van der Waals surface area contributed by atoms with Crippen LogP contribution in [0.15, 0.2) is 82.9 Å². The summed E-state index contributed by atoms with van der Waals surface area (Å²) in [5.74, 6) is -0.190. The van der Waals surface area contributed by atoms with E-state index in [-0.39, 0.29) is 17.4 Å². The first-order chi connectivity index (χ1) is 16.5. The maximum absolute atomic E-state index is 13.4. The number of allylic oxidation sites excluding steroid dienone is 2. The predicted molar refractivity (Wildman–Crippen MR) is 140 cm³/mol. The number of aliphatic hydroxyl groups is 1. The topological polar surface area (TPSA) is 64.4 Å². The van der Waals surface area contributed by atoms with Gasteiger partial charge in [0.05, 0.1) is 11.5 Å². The van der Waals surface area contributed by atoms with E-state index in [4.69, 9.17) is 11.6 Å². The molecule has 1 aliphatic carbocycles. The van der Waals surface area contributed by atoms with Crippen molar-refractivity contribution in [2.24, 2.45) is 0 Å². The number of nitrogens with one attached hydrogen (secondary N) is 1. The lowest BCUT2D eigenvalue weighted by Crippen LogP contribution is -2.42. The molecule has 0 spiro atoms. The van der Waals surface area contributed by atoms with E-state index in [1.165, 1.54) is 5.56 Å². The first kappa shape index (κ1) is 22.6. The summed E-state index contributed by atoms with van der Waals surface area (Å²) in [4.78, 5) is 16.2. The fourth-order valence-corrected chi connectivity index (χ4v) is 5.83. The van der Waals surface area contributed by atoms with Gasteiger partial charge in [0.1, 0.15) is 11.6 Å². The molecular weight excluding hydrogens is 464 g/mol. The number of halogens is 1. The molecular formula is C28H25ClN2O2S. The van der Waals surface area contributed by atoms with Crippen molar-refractivity contribution in [2.45, 2.75) is 38.5 Å². The van der Waals surface area contributed by atoms with Gasteiger partial charge >= 0.3 is 0 Å². The van der Waals surface area contributed by atoms with E-state index >= 15 is 0 Å². The minimum absolute atomic E-state index is 0.000156. The normalized spacial score (nSPS) is 19.9. The number of carbonyl (C=O) groups excluding carboxylic acids is 1. The Balaban J connectivity index is 1.78. The second kappa shape index (κ2) is 9.24. The van der Waals surface area contributed by atoms with Gasteiger partial charge in [-0.05, 0) is 72.7 Å². The summed E-state index contributed by atoms with van der Waals surface area (Å²) in [5, 5.41) is 23.4. The number of benzene rings is 2. The van der Waals surface area contributed by atoms with Gasteiger partial charge in [-0.25, -0.2) is 0 Å². The third-order valence-electron chi connectivity index (χ3n) is 6.56. The molecule has 2 aromatic carbocycles. The average Bonchev–Trinajstić information content (AvgIpc) is 3.38. The van der Waals surface area contributed by atoms with Gasteiger partial charge in [-0.15, -0.1) is 11.3 Å². The van der Waals surface area contributed by atoms with Crippen LogP contribution in [0.5, 0.6) is 0 Å². The monoisotopic (exact) mass is 488 g/mol. The SMILES string of the molecule is CCc1ccc(N2C(=N)/C(=C(/O)c3ccc(Cl)cc3)C(c3cccs3)C3=C2CCCC3=O)cc1. The van der Waals surface area contributed by atoms with Gasteiger partial charge in [-0.2, -0.15) is 0 Å². The molecule has 0 saturated carbocycles. The van der Waals surface area contributed by atoms with E-state index in [9.17, 15) is 15.3 Å². The van der Waals surface area contributed by atoms with Crippen molar-refractivity contribution in [1.82, 2.24) is 0 Å². The third kappa shape index (κ3) is 3.89. The van der Waals surface area contributed by atoms with Crippen LogP contribution >= 0.6 is 22.9 Å². The molecule has 0 amide bonds. The van der Waals surface area contributed by atoms with Crippen LogP contribution < -0.4 is 4.90 Å². The largest absolute Gasteiger partial charge is 0.507 e. The number of Topliss-reactive ketones (excluding diaryl/α,β-unsaturated/α-hetero) is 1. The van der Waals surface area contributed by atoms with Gasteiger partial charge in [0.25, 0.3) is 0 Å². The maximum atomic E-state index is 13.4. The fourth-order valence-electron chi connectivity index (χ4n) is 4.86. The molecule has 2 N–H and O–H groups in total. The summed E-state index contributed by atoms with van der Waals surface area (Å²) in [6.07, 6.45) is 2.88. The number of anilines is 1. The van der Waals surface area contributed by atoms with E-state index < -0.39 is 5.92 Å². The van der Waals surface area contributed by atoms with Gasteiger partial charge < -0.3 is 5.11 Å². The van der Waals surface area contributed by atoms with Crippen molar-refractivity contribution in [3.8, 4) is 0 Å². The quantitative estimate of drug-likeness (QED) is 0.373. The first-order valence-electron chi connectivity index (χ1n) is 11.5. The molecule has 1 unspecified atom stereocenters. The number of carbonyl (C=O) groups is 1. The summed E-state index contributed by atoms with van der Waals surface area (Å²) in [7, 11) is 0. The highest BCUT2D eigenvalue weighted by atomic mass is 35.5. The maximum Gasteiger partial charge on any atom is 0.161 e. The molecule has 0 bridgehead atoms. The second-order valence-electron chi connectivity index (χ2n) is 8.56. The molecule has 1 aromatic heterocycles. The van der Waals surface area contributed by atoms with Gasteiger partial charge in [0, 0.05) is 38.8 Å². The van der Waals surface area contributed by atoms with Crippen LogP contribution in [0.3, 0.4) is 0 Å². The summed E-state index contributed by atoms with van der Waals surface area (Å²) in [6.45, 7) is 2.11. The number of ketones is 1. The van der Waals surface area contributed by atoms with E-state index in [0.717, 1.165) is 35.5 Å². The molecule has 2 heterocycles. The molecule has 6 heteroatoms. The van der Waals surface area contributed by atoms with Crippen molar-refractivity contribution in [1.29, 1.82) is 5.41 Å². The van der Waals surface area contributed by atoms with E-state index in [1.807, 2.05) is 34.5 Å². The van der Waals surface area contributed by atoms with Crippen LogP contribution in [0.25, 0.3) is 5.76 Å². The van der Waals surface area contributed by atoms with Crippen molar-refractivity contribution in [2.75, 3.05) is 4.90 Å². The molecule has 1 aliphatic heterocycles. The number of aliphatic hydroxyl groups excluding tert-OH is 1. The predicted octanol–water partition coefficient (Wildman–Crippen LogP) is 7.52. The van der Waals surface area contributed by atoms with E-state index in [2.05, 4.69) is 19.1 Å². The highest BCUT2D eigenvalue weighted by molar-refractivity contribution is 7.10. The minimum Gasteiger partial charge on any atom is -0.507 e. The summed E-state index contributed by atoms with van der Waals surface area (Å²) in [5.41, 5.74) is 4.61. The van der Waals surface area contributed by atoms with Gasteiger partial charge in [0.15, 0.2) is 5.78 Å². The van der Waals surface area contributed by atoms with Crippen LogP contribution in [0, 0.1) is 5.41 Å². The van der Waals surface area contributed by atoms with Crippen LogP contribution in [0.4, 0.5) is 5.69 Å².